The van der Waals surface area contributed by atoms with Gasteiger partial charge in [0.05, 0.1) is 37.6 Å². The number of carbonyl (C=O) groups excluding carboxylic acids is 5. The van der Waals surface area contributed by atoms with Gasteiger partial charge >= 0.3 is 36.0 Å². The number of carboxylic acid groups (broad SMARTS) is 2. The van der Waals surface area contributed by atoms with Gasteiger partial charge < -0.3 is 29.5 Å². The molecule has 0 aliphatic heterocycles. The molecule has 0 amide bonds. The van der Waals surface area contributed by atoms with Gasteiger partial charge in [0, 0.05) is 18.8 Å². The highest BCUT2D eigenvalue weighted by atomic mass is 16.5. The lowest BCUT2D eigenvalue weighted by Gasteiger charge is -2.16. The van der Waals surface area contributed by atoms with E-state index in [9.17, 15) is 29.1 Å². The van der Waals surface area contributed by atoms with Crippen molar-refractivity contribution in [2.45, 2.75) is 201 Å². The van der Waals surface area contributed by atoms with Crippen LogP contribution in [-0.4, -0.2) is 77.7 Å². The van der Waals surface area contributed by atoms with E-state index in [-0.39, 0.29) is 36.5 Å². The van der Waals surface area contributed by atoms with Gasteiger partial charge in [0.25, 0.3) is 0 Å². The molecular weight excluding hydrogens is 785 g/mol. The van der Waals surface area contributed by atoms with Crippen molar-refractivity contribution in [3.8, 4) is 0 Å². The highest BCUT2D eigenvalue weighted by Crippen LogP contribution is 2.22. The van der Waals surface area contributed by atoms with Crippen LogP contribution in [0.5, 0.6) is 0 Å². The van der Waals surface area contributed by atoms with E-state index in [2.05, 4.69) is 45.6 Å². The molecule has 0 heterocycles. The molecule has 0 aromatic rings. The molecular formula is C48H86O13. The van der Waals surface area contributed by atoms with Gasteiger partial charge in [-0.15, -0.1) is 0 Å². The van der Waals surface area contributed by atoms with Crippen LogP contribution >= 0.6 is 0 Å². The molecule has 356 valence electrons. The quantitative estimate of drug-likeness (QED) is 0.0229. The molecule has 13 nitrogen and oxygen atoms in total. The first-order valence-corrected chi connectivity index (χ1v) is 23.2. The second-order valence-electron chi connectivity index (χ2n) is 15.2. The molecule has 3 unspecified atom stereocenters. The Bertz CT molecular complexity index is 1100. The van der Waals surface area contributed by atoms with Crippen molar-refractivity contribution in [1.29, 1.82) is 0 Å². The summed E-state index contributed by atoms with van der Waals surface area (Å²) >= 11 is 0. The van der Waals surface area contributed by atoms with E-state index >= 15 is 0 Å². The van der Waals surface area contributed by atoms with E-state index in [1.807, 2.05) is 0 Å². The van der Waals surface area contributed by atoms with Gasteiger partial charge in [0.2, 0.25) is 0 Å². The Morgan fingerprint density at radius 2 is 0.754 bits per heavy atom. The first-order chi connectivity index (χ1) is 29.4. The average molecular weight is 871 g/mol. The second kappa shape index (κ2) is 52.3. The lowest BCUT2D eigenvalue weighted by molar-refractivity contribution is -0.192. The Kier molecular flexibility index (Phi) is 54.7. The molecule has 61 heavy (non-hydrogen) atoms. The fourth-order valence-electron chi connectivity index (χ4n) is 6.17. The number of esters is 3. The molecule has 0 rings (SSSR count). The van der Waals surface area contributed by atoms with Crippen LogP contribution in [0.1, 0.15) is 201 Å². The molecule has 0 aromatic heterocycles. The summed E-state index contributed by atoms with van der Waals surface area (Å²) in [5.41, 5.74) is 0. The van der Waals surface area contributed by atoms with E-state index in [0.717, 1.165) is 115 Å². The summed E-state index contributed by atoms with van der Waals surface area (Å²) in [5, 5.41) is 26.7. The maximum atomic E-state index is 12.4. The van der Waals surface area contributed by atoms with E-state index in [4.69, 9.17) is 29.3 Å². The smallest absolute Gasteiger partial charge is 0.373 e. The van der Waals surface area contributed by atoms with Gasteiger partial charge in [0.15, 0.2) is 0 Å². The third kappa shape index (κ3) is 50.4. The van der Waals surface area contributed by atoms with Crippen molar-refractivity contribution >= 4 is 36.0 Å². The maximum Gasteiger partial charge on any atom is 0.373 e. The Morgan fingerprint density at radius 1 is 0.459 bits per heavy atom. The van der Waals surface area contributed by atoms with E-state index in [1.54, 1.807) is 0 Å². The molecule has 0 fully saturated rings. The summed E-state index contributed by atoms with van der Waals surface area (Å²) in [7, 11) is 0. The SMILES string of the molecule is C=CC(=O)OCCCCO.C=CC(=O)OCCCCOC(=O)C(CCCC)CCCCCC(CCCC)C(=O)O.CCCCCCCCCCC(CCCC)C(=O)O.O=C=O. The fourth-order valence-corrected chi connectivity index (χ4v) is 6.17. The predicted molar refractivity (Wildman–Crippen MR) is 238 cm³/mol. The van der Waals surface area contributed by atoms with Crippen LogP contribution < -0.4 is 0 Å². The topological polar surface area (TPSA) is 208 Å². The highest BCUT2D eigenvalue weighted by molar-refractivity contribution is 5.81. The van der Waals surface area contributed by atoms with Gasteiger partial charge in [-0.3, -0.25) is 14.4 Å². The standard InChI is InChI=1S/C24H42O6.C16H32O2.C7H12O3.CO2/c1-4-7-14-20(23(26)27)16-10-9-11-17-21(15-8-5-2)24(28)30-19-13-12-18-29-22(25)6-3;1-3-5-7-8-9-10-11-12-14-15(16(17)18)13-6-4-2;1-2-7(9)10-6-4-3-5-8;2-1-3/h6,20-21H,3-5,7-19H2,1-2H3,(H,26,27);15H,3-14H2,1-2H3,(H,17,18);2,8H,1,3-6H2;. The van der Waals surface area contributed by atoms with Crippen LogP contribution in [0, 0.1) is 17.8 Å². The molecule has 0 aliphatic rings. The molecule has 3 N–H and O–H groups in total. The van der Waals surface area contributed by atoms with Gasteiger partial charge in [-0.05, 0) is 64.2 Å². The van der Waals surface area contributed by atoms with Crippen LogP contribution in [-0.2, 0) is 47.8 Å². The van der Waals surface area contributed by atoms with Crippen molar-refractivity contribution in [2.24, 2.45) is 17.8 Å². The van der Waals surface area contributed by atoms with Crippen LogP contribution in [0.15, 0.2) is 25.3 Å². The van der Waals surface area contributed by atoms with Crippen molar-refractivity contribution in [3.63, 3.8) is 0 Å². The van der Waals surface area contributed by atoms with Gasteiger partial charge in [-0.2, -0.15) is 9.59 Å². The third-order valence-corrected chi connectivity index (χ3v) is 9.92. The number of aliphatic carboxylic acids is 2. The number of unbranched alkanes of at least 4 members (excludes halogenated alkanes) is 14. The zero-order valence-corrected chi connectivity index (χ0v) is 38.6. The van der Waals surface area contributed by atoms with Gasteiger partial charge in [-0.1, -0.05) is 150 Å². The predicted octanol–water partition coefficient (Wildman–Crippen LogP) is 11.0. The van der Waals surface area contributed by atoms with Crippen LogP contribution in [0.2, 0.25) is 0 Å². The number of hydrogen-bond acceptors (Lipinski definition) is 11. The van der Waals surface area contributed by atoms with Crippen molar-refractivity contribution < 1.29 is 63.1 Å². The average Bonchev–Trinajstić information content (AvgIpc) is 3.24. The summed E-state index contributed by atoms with van der Waals surface area (Å²) in [6.07, 6.45) is 29.2. The minimum atomic E-state index is -0.688. The number of aliphatic hydroxyl groups excluding tert-OH is 1. The Balaban J connectivity index is -0.000000439. The van der Waals surface area contributed by atoms with Crippen LogP contribution in [0.3, 0.4) is 0 Å². The lowest BCUT2D eigenvalue weighted by atomic mass is 9.92. The van der Waals surface area contributed by atoms with Gasteiger partial charge in [0.1, 0.15) is 0 Å². The molecule has 0 spiro atoms. The fraction of sp³-hybridized carbons (Fsp3) is 0.792. The highest BCUT2D eigenvalue weighted by Gasteiger charge is 2.20. The summed E-state index contributed by atoms with van der Waals surface area (Å²) < 4.78 is 14.9. The summed E-state index contributed by atoms with van der Waals surface area (Å²) in [5.74, 6) is -2.68. The molecule has 0 aliphatic carbocycles. The monoisotopic (exact) mass is 871 g/mol. The molecule has 0 radical (unpaired) electrons. The Morgan fingerprint density at radius 3 is 1.11 bits per heavy atom. The van der Waals surface area contributed by atoms with Crippen LogP contribution in [0.25, 0.3) is 0 Å². The molecule has 0 aromatic carbocycles. The Hall–Kier alpha value is -3.83. The largest absolute Gasteiger partial charge is 0.481 e. The molecule has 13 heteroatoms. The lowest BCUT2D eigenvalue weighted by Crippen LogP contribution is -2.19. The zero-order chi connectivity index (χ0) is 46.8. The summed E-state index contributed by atoms with van der Waals surface area (Å²) in [6.45, 7) is 16.3. The number of rotatable bonds is 38. The van der Waals surface area contributed by atoms with E-state index < -0.39 is 23.9 Å². The summed E-state index contributed by atoms with van der Waals surface area (Å²) in [4.78, 5) is 72.3. The van der Waals surface area contributed by atoms with E-state index in [1.165, 1.54) is 44.9 Å². The molecule has 0 saturated heterocycles. The maximum absolute atomic E-state index is 12.4. The number of carboxylic acids is 2. The normalized spacial score (nSPS) is 11.6. The minimum Gasteiger partial charge on any atom is -0.481 e. The number of hydrogen-bond donors (Lipinski definition) is 3. The van der Waals surface area contributed by atoms with E-state index in [0.29, 0.717) is 45.5 Å². The third-order valence-electron chi connectivity index (χ3n) is 9.92. The van der Waals surface area contributed by atoms with Gasteiger partial charge in [-0.25, -0.2) is 9.59 Å². The number of aliphatic hydroxyl groups is 1. The Labute approximate surface area is 368 Å². The first-order valence-electron chi connectivity index (χ1n) is 23.2. The first kappa shape index (κ1) is 63.8. The minimum absolute atomic E-state index is 0.0843. The van der Waals surface area contributed by atoms with Crippen LogP contribution in [0.4, 0.5) is 0 Å². The zero-order valence-electron chi connectivity index (χ0n) is 38.6. The number of carbonyl (C=O) groups is 5. The van der Waals surface area contributed by atoms with Crippen molar-refractivity contribution in [3.05, 3.63) is 25.3 Å². The molecule has 0 bridgehead atoms. The molecule has 3 atom stereocenters. The molecule has 0 saturated carbocycles. The van der Waals surface area contributed by atoms with Crippen molar-refractivity contribution in [1.82, 2.24) is 0 Å². The van der Waals surface area contributed by atoms with Crippen molar-refractivity contribution in [2.75, 3.05) is 26.4 Å². The number of ether oxygens (including phenoxy) is 3. The second-order valence-corrected chi connectivity index (χ2v) is 15.2. The summed E-state index contributed by atoms with van der Waals surface area (Å²) in [6, 6.07) is 0.